The van der Waals surface area contributed by atoms with Crippen LogP contribution in [0.25, 0.3) is 17.1 Å². The number of nitrogens with one attached hydrogen (secondary N) is 1. The molecule has 0 radical (unpaired) electrons. The number of hydrogen-bond donors (Lipinski definition) is 1. The molecular formula is C25H18ClFN6OS2. The lowest BCUT2D eigenvalue weighted by Crippen LogP contribution is -2.13. The molecule has 0 saturated carbocycles. The molecule has 5 rings (SSSR count). The van der Waals surface area contributed by atoms with E-state index < -0.39 is 11.7 Å². The molecule has 3 heterocycles. The molecule has 0 bridgehead atoms. The highest BCUT2D eigenvalue weighted by atomic mass is 35.5. The highest BCUT2D eigenvalue weighted by Gasteiger charge is 2.19. The lowest BCUT2D eigenvalue weighted by atomic mass is 10.2. The fourth-order valence-corrected chi connectivity index (χ4v) is 5.35. The number of thiazole rings is 1. The molecule has 0 saturated heterocycles. The van der Waals surface area contributed by atoms with Gasteiger partial charge in [0.25, 0.3) is 5.91 Å². The number of pyridine rings is 1. The molecule has 0 fully saturated rings. The van der Waals surface area contributed by atoms with Gasteiger partial charge in [-0.1, -0.05) is 41.6 Å². The second-order valence-electron chi connectivity index (χ2n) is 7.66. The third-order valence-electron chi connectivity index (χ3n) is 5.22. The van der Waals surface area contributed by atoms with Gasteiger partial charge in [-0.3, -0.25) is 14.3 Å². The second-order valence-corrected chi connectivity index (χ2v) is 9.98. The van der Waals surface area contributed by atoms with Crippen LogP contribution < -0.4 is 5.32 Å². The largest absolute Gasteiger partial charge is 0.318 e. The molecule has 0 spiro atoms. The van der Waals surface area contributed by atoms with E-state index in [9.17, 15) is 9.18 Å². The summed E-state index contributed by atoms with van der Waals surface area (Å²) in [6, 6.07) is 15.4. The van der Waals surface area contributed by atoms with Crippen molar-refractivity contribution < 1.29 is 9.18 Å². The molecule has 2 aromatic carbocycles. The number of nitrogens with zero attached hydrogens (tertiary/aromatic N) is 5. The van der Waals surface area contributed by atoms with E-state index in [2.05, 4.69) is 25.5 Å². The Hall–Kier alpha value is -3.60. The van der Waals surface area contributed by atoms with E-state index in [0.29, 0.717) is 21.8 Å². The highest BCUT2D eigenvalue weighted by molar-refractivity contribution is 7.98. The van der Waals surface area contributed by atoms with Crippen molar-refractivity contribution in [2.24, 2.45) is 0 Å². The van der Waals surface area contributed by atoms with Crippen molar-refractivity contribution in [2.75, 3.05) is 5.32 Å². The number of halogens is 2. The molecule has 11 heteroatoms. The number of carbonyl (C=O) groups excluding carboxylic acids is 1. The summed E-state index contributed by atoms with van der Waals surface area (Å²) < 4.78 is 15.8. The molecule has 0 aliphatic rings. The van der Waals surface area contributed by atoms with E-state index in [4.69, 9.17) is 11.6 Å². The standard InChI is InChI=1S/C25H18ClFN6OS2/c1-15-6-7-17(26)12-21(15)33-23(16-8-10-28-11-9-16)31-32-25(33)36-14-22-29-20(13-35-22)24(34)30-19-5-3-2-4-18(19)27/h2-13H,14H2,1H3,(H,30,34). The summed E-state index contributed by atoms with van der Waals surface area (Å²) in [5, 5.41) is 15.1. The zero-order valence-electron chi connectivity index (χ0n) is 18.9. The maximum atomic E-state index is 13.9. The SMILES string of the molecule is Cc1ccc(Cl)cc1-n1c(SCc2nc(C(=O)Nc3ccccc3F)cs2)nnc1-c1ccncc1. The summed E-state index contributed by atoms with van der Waals surface area (Å²) in [5.74, 6) is 0.156. The van der Waals surface area contributed by atoms with Crippen LogP contribution in [-0.4, -0.2) is 30.6 Å². The van der Waals surface area contributed by atoms with Crippen molar-refractivity contribution in [3.63, 3.8) is 0 Å². The number of benzene rings is 2. The van der Waals surface area contributed by atoms with Gasteiger partial charge in [-0.05, 0) is 48.9 Å². The van der Waals surface area contributed by atoms with Gasteiger partial charge in [0.2, 0.25) is 0 Å². The predicted molar refractivity (Wildman–Crippen MR) is 140 cm³/mol. The minimum Gasteiger partial charge on any atom is -0.318 e. The first kappa shape index (κ1) is 24.1. The first-order chi connectivity index (χ1) is 17.5. The van der Waals surface area contributed by atoms with Gasteiger partial charge in [0, 0.05) is 28.4 Å². The smallest absolute Gasteiger partial charge is 0.275 e. The van der Waals surface area contributed by atoms with Crippen LogP contribution in [0.15, 0.2) is 77.5 Å². The Balaban J connectivity index is 1.39. The molecule has 3 aromatic heterocycles. The number of aryl methyl sites for hydroxylation is 1. The number of hydrogen-bond acceptors (Lipinski definition) is 7. The lowest BCUT2D eigenvalue weighted by Gasteiger charge is -2.13. The number of carbonyl (C=O) groups is 1. The van der Waals surface area contributed by atoms with Crippen LogP contribution in [0.5, 0.6) is 0 Å². The number of thioether (sulfide) groups is 1. The number of para-hydroxylation sites is 1. The summed E-state index contributed by atoms with van der Waals surface area (Å²) in [4.78, 5) is 21.1. The first-order valence-electron chi connectivity index (χ1n) is 10.7. The van der Waals surface area contributed by atoms with E-state index in [-0.39, 0.29) is 11.4 Å². The third-order valence-corrected chi connectivity index (χ3v) is 7.42. The van der Waals surface area contributed by atoms with Gasteiger partial charge in [0.15, 0.2) is 11.0 Å². The van der Waals surface area contributed by atoms with Gasteiger partial charge in [-0.15, -0.1) is 21.5 Å². The molecule has 7 nitrogen and oxygen atoms in total. The van der Waals surface area contributed by atoms with Gasteiger partial charge in [0.05, 0.1) is 17.1 Å². The normalized spacial score (nSPS) is 11.0. The summed E-state index contributed by atoms with van der Waals surface area (Å²) in [6.07, 6.45) is 3.41. The molecule has 5 aromatic rings. The van der Waals surface area contributed by atoms with Crippen molar-refractivity contribution >= 4 is 46.3 Å². The van der Waals surface area contributed by atoms with Crippen LogP contribution in [0.3, 0.4) is 0 Å². The maximum Gasteiger partial charge on any atom is 0.275 e. The Morgan fingerprint density at radius 1 is 1.14 bits per heavy atom. The number of rotatable bonds is 7. The Labute approximate surface area is 219 Å². The molecule has 0 unspecified atom stereocenters. The van der Waals surface area contributed by atoms with Crippen LogP contribution in [-0.2, 0) is 5.75 Å². The number of amides is 1. The fraction of sp³-hybridized carbons (Fsp3) is 0.0800. The molecule has 0 atom stereocenters. The summed E-state index contributed by atoms with van der Waals surface area (Å²) in [6.45, 7) is 2.00. The van der Waals surface area contributed by atoms with Crippen molar-refractivity contribution in [2.45, 2.75) is 17.8 Å². The van der Waals surface area contributed by atoms with Crippen molar-refractivity contribution in [1.29, 1.82) is 0 Å². The Kier molecular flexibility index (Phi) is 7.08. The highest BCUT2D eigenvalue weighted by Crippen LogP contribution is 2.32. The molecular weight excluding hydrogens is 519 g/mol. The Morgan fingerprint density at radius 3 is 2.75 bits per heavy atom. The van der Waals surface area contributed by atoms with Gasteiger partial charge in [-0.25, -0.2) is 9.37 Å². The molecule has 0 aliphatic heterocycles. The average molecular weight is 537 g/mol. The fourth-order valence-electron chi connectivity index (χ4n) is 3.45. The van der Waals surface area contributed by atoms with Gasteiger partial charge in [0.1, 0.15) is 16.5 Å². The van der Waals surface area contributed by atoms with Crippen molar-refractivity contribution in [3.05, 3.63) is 99.5 Å². The minimum atomic E-state index is -0.502. The first-order valence-corrected chi connectivity index (χ1v) is 13.0. The summed E-state index contributed by atoms with van der Waals surface area (Å²) in [5.41, 5.74) is 3.08. The van der Waals surface area contributed by atoms with Crippen LogP contribution >= 0.6 is 34.7 Å². The van der Waals surface area contributed by atoms with Gasteiger partial charge >= 0.3 is 0 Å². The van der Waals surface area contributed by atoms with Crippen molar-refractivity contribution in [1.82, 2.24) is 24.7 Å². The van der Waals surface area contributed by atoms with E-state index in [1.807, 2.05) is 41.8 Å². The zero-order chi connectivity index (χ0) is 25.1. The van der Waals surface area contributed by atoms with E-state index in [0.717, 1.165) is 21.8 Å². The predicted octanol–water partition coefficient (Wildman–Crippen LogP) is 6.43. The minimum absolute atomic E-state index is 0.111. The average Bonchev–Trinajstić information content (AvgIpc) is 3.53. The molecule has 1 amide bonds. The Morgan fingerprint density at radius 2 is 1.94 bits per heavy atom. The van der Waals surface area contributed by atoms with Gasteiger partial charge in [-0.2, -0.15) is 0 Å². The number of aromatic nitrogens is 5. The van der Waals surface area contributed by atoms with E-state index in [1.165, 1.54) is 35.2 Å². The lowest BCUT2D eigenvalue weighted by molar-refractivity contribution is 0.102. The molecule has 180 valence electrons. The van der Waals surface area contributed by atoms with Crippen LogP contribution in [0.1, 0.15) is 21.1 Å². The van der Waals surface area contributed by atoms with Crippen LogP contribution in [0, 0.1) is 12.7 Å². The van der Waals surface area contributed by atoms with Crippen molar-refractivity contribution in [3.8, 4) is 17.1 Å². The molecule has 0 aliphatic carbocycles. The second kappa shape index (κ2) is 10.6. The summed E-state index contributed by atoms with van der Waals surface area (Å²) >= 11 is 9.11. The van der Waals surface area contributed by atoms with E-state index in [1.54, 1.807) is 29.9 Å². The Bertz CT molecular complexity index is 1540. The number of anilines is 1. The van der Waals surface area contributed by atoms with Crippen LogP contribution in [0.2, 0.25) is 5.02 Å². The molecule has 36 heavy (non-hydrogen) atoms. The molecule has 1 N–H and O–H groups in total. The zero-order valence-corrected chi connectivity index (χ0v) is 21.2. The van der Waals surface area contributed by atoms with E-state index >= 15 is 0 Å². The topological polar surface area (TPSA) is 85.6 Å². The quantitative estimate of drug-likeness (QED) is 0.241. The maximum absolute atomic E-state index is 13.9. The third kappa shape index (κ3) is 5.15. The summed E-state index contributed by atoms with van der Waals surface area (Å²) in [7, 11) is 0. The van der Waals surface area contributed by atoms with Gasteiger partial charge < -0.3 is 5.32 Å². The van der Waals surface area contributed by atoms with Crippen LogP contribution in [0.4, 0.5) is 10.1 Å². The monoisotopic (exact) mass is 536 g/mol.